The molecule has 3 saturated carbocycles. The molecular formula is C25H42BN3O6. The van der Waals surface area contributed by atoms with Crippen LogP contribution in [0.15, 0.2) is 0 Å². The molecule has 2 N–H and O–H groups in total. The fourth-order valence-corrected chi connectivity index (χ4v) is 6.53. The second kappa shape index (κ2) is 9.25. The van der Waals surface area contributed by atoms with Crippen LogP contribution in [0.5, 0.6) is 0 Å². The van der Waals surface area contributed by atoms with Gasteiger partial charge in [0.2, 0.25) is 11.8 Å². The average molecular weight is 491 g/mol. The first-order valence-electron chi connectivity index (χ1n) is 13.1. The molecule has 2 saturated heterocycles. The van der Waals surface area contributed by atoms with Crippen LogP contribution in [-0.2, 0) is 23.6 Å². The highest BCUT2D eigenvalue weighted by Gasteiger charge is 2.69. The fraction of sp³-hybridized carbons (Fsp3) is 0.880. The van der Waals surface area contributed by atoms with E-state index in [9.17, 15) is 14.4 Å². The first-order chi connectivity index (χ1) is 16.2. The summed E-state index contributed by atoms with van der Waals surface area (Å²) in [5, 5.41) is 5.32. The quantitative estimate of drug-likeness (QED) is 0.554. The summed E-state index contributed by atoms with van der Waals surface area (Å²) in [4.78, 5) is 39.2. The van der Waals surface area contributed by atoms with E-state index >= 15 is 0 Å². The van der Waals surface area contributed by atoms with Crippen molar-refractivity contribution in [2.75, 3.05) is 19.6 Å². The molecule has 35 heavy (non-hydrogen) atoms. The predicted octanol–water partition coefficient (Wildman–Crippen LogP) is 2.52. The van der Waals surface area contributed by atoms with Crippen LogP contribution in [0.4, 0.5) is 4.79 Å². The zero-order chi connectivity index (χ0) is 25.8. The number of ether oxygens (including phenoxy) is 1. The van der Waals surface area contributed by atoms with Crippen LogP contribution in [0.25, 0.3) is 0 Å². The van der Waals surface area contributed by atoms with Gasteiger partial charge in [0.25, 0.3) is 0 Å². The van der Waals surface area contributed by atoms with Gasteiger partial charge in [-0.25, -0.2) is 4.79 Å². The Kier molecular flexibility index (Phi) is 6.94. The maximum absolute atomic E-state index is 13.0. The van der Waals surface area contributed by atoms with Crippen LogP contribution in [0.1, 0.15) is 74.1 Å². The molecule has 6 unspecified atom stereocenters. The molecule has 3 aliphatic carbocycles. The summed E-state index contributed by atoms with van der Waals surface area (Å²) in [5.41, 5.74) is -0.633. The molecule has 2 bridgehead atoms. The third-order valence-corrected chi connectivity index (χ3v) is 8.72. The summed E-state index contributed by atoms with van der Waals surface area (Å²) in [7, 11) is -0.417. The van der Waals surface area contributed by atoms with Crippen LogP contribution >= 0.6 is 0 Å². The summed E-state index contributed by atoms with van der Waals surface area (Å²) in [6.07, 6.45) is 3.45. The van der Waals surface area contributed by atoms with Gasteiger partial charge in [-0.2, -0.15) is 0 Å². The number of nitrogens with one attached hydrogen (secondary N) is 2. The van der Waals surface area contributed by atoms with Crippen molar-refractivity contribution < 1.29 is 28.4 Å². The van der Waals surface area contributed by atoms with Crippen LogP contribution < -0.4 is 10.6 Å². The number of hydrogen-bond acceptors (Lipinski definition) is 6. The largest absolute Gasteiger partial charge is 0.481 e. The third kappa shape index (κ3) is 5.06. The monoisotopic (exact) mass is 491 g/mol. The second-order valence-electron chi connectivity index (χ2n) is 12.6. The summed E-state index contributed by atoms with van der Waals surface area (Å²) in [5.74, 6) is 0.0992. The number of alkyl carbamates (subject to hydrolysis) is 1. The van der Waals surface area contributed by atoms with E-state index in [4.69, 9.17) is 14.0 Å². The summed E-state index contributed by atoms with van der Waals surface area (Å²) >= 11 is 0. The van der Waals surface area contributed by atoms with Crippen molar-refractivity contribution in [3.63, 3.8) is 0 Å². The Morgan fingerprint density at radius 1 is 1.17 bits per heavy atom. The Balaban J connectivity index is 1.26. The molecule has 0 spiro atoms. The lowest BCUT2D eigenvalue weighted by Crippen LogP contribution is -2.65. The minimum absolute atomic E-state index is 0.0832. The summed E-state index contributed by atoms with van der Waals surface area (Å²) in [6.45, 7) is 14.6. The van der Waals surface area contributed by atoms with Gasteiger partial charge >= 0.3 is 13.2 Å². The molecule has 5 rings (SSSR count). The van der Waals surface area contributed by atoms with Gasteiger partial charge < -0.3 is 29.6 Å². The maximum Gasteiger partial charge on any atom is 0.481 e. The molecule has 10 heteroatoms. The molecule has 5 fully saturated rings. The molecule has 0 aromatic rings. The second-order valence-corrected chi connectivity index (χ2v) is 12.6. The normalized spacial score (nSPS) is 34.0. The van der Waals surface area contributed by atoms with E-state index in [1.165, 1.54) is 6.42 Å². The van der Waals surface area contributed by atoms with E-state index in [2.05, 4.69) is 31.4 Å². The van der Waals surface area contributed by atoms with Gasteiger partial charge in [-0.05, 0) is 70.6 Å². The van der Waals surface area contributed by atoms with Gasteiger partial charge in [0, 0.05) is 13.1 Å². The van der Waals surface area contributed by atoms with E-state index < -0.39 is 24.7 Å². The Morgan fingerprint density at radius 2 is 1.89 bits per heavy atom. The smallest absolute Gasteiger partial charge is 0.444 e. The highest BCUT2D eigenvalue weighted by molar-refractivity contribution is 6.48. The lowest BCUT2D eigenvalue weighted by atomic mass is 9.43. The number of hydrogen-bond donors (Lipinski definition) is 2. The first kappa shape index (κ1) is 26.3. The number of amides is 3. The number of likely N-dealkylation sites (tertiary alicyclic amines) is 1. The van der Waals surface area contributed by atoms with Gasteiger partial charge in [-0.1, -0.05) is 20.8 Å². The molecule has 9 nitrogen and oxygen atoms in total. The van der Waals surface area contributed by atoms with Crippen LogP contribution in [-0.4, -0.2) is 72.8 Å². The van der Waals surface area contributed by atoms with Crippen LogP contribution in [0.2, 0.25) is 0 Å². The topological polar surface area (TPSA) is 106 Å². The SMILES string of the molecule is CC(CNC(=O)OC(C)(C)C)C(=O)NCC(=O)N1CCCC1B1OC2CC3CC(C3(C)C)C2(C)O1. The predicted molar refractivity (Wildman–Crippen MR) is 131 cm³/mol. The molecule has 2 heterocycles. The van der Waals surface area contributed by atoms with Crippen molar-refractivity contribution >= 4 is 25.0 Å². The van der Waals surface area contributed by atoms with Gasteiger partial charge in [0.1, 0.15) is 5.60 Å². The van der Waals surface area contributed by atoms with Crippen molar-refractivity contribution in [2.24, 2.45) is 23.2 Å². The number of carbonyl (C=O) groups excluding carboxylic acids is 3. The molecule has 0 aromatic carbocycles. The minimum atomic E-state index is -0.604. The molecule has 3 amide bonds. The minimum Gasteiger partial charge on any atom is -0.444 e. The van der Waals surface area contributed by atoms with Crippen molar-refractivity contribution in [2.45, 2.75) is 97.4 Å². The summed E-state index contributed by atoms with van der Waals surface area (Å²) in [6, 6.07) is 0. The Bertz CT molecular complexity index is 861. The number of nitrogens with zero attached hydrogens (tertiary/aromatic N) is 1. The lowest BCUT2D eigenvalue weighted by Gasteiger charge is -2.64. The fourth-order valence-electron chi connectivity index (χ4n) is 6.53. The first-order valence-corrected chi connectivity index (χ1v) is 13.1. The molecule has 0 radical (unpaired) electrons. The molecule has 6 atom stereocenters. The Morgan fingerprint density at radius 3 is 2.54 bits per heavy atom. The van der Waals surface area contributed by atoms with Gasteiger partial charge in [-0.15, -0.1) is 0 Å². The Labute approximate surface area is 209 Å². The van der Waals surface area contributed by atoms with E-state index in [-0.39, 0.29) is 48.0 Å². The van der Waals surface area contributed by atoms with Gasteiger partial charge in [0.15, 0.2) is 0 Å². The third-order valence-electron chi connectivity index (χ3n) is 8.72. The van der Waals surface area contributed by atoms with E-state index in [0.29, 0.717) is 18.4 Å². The van der Waals surface area contributed by atoms with E-state index in [1.807, 2.05) is 4.90 Å². The molecule has 196 valence electrons. The number of rotatable bonds is 6. The van der Waals surface area contributed by atoms with E-state index in [1.54, 1.807) is 27.7 Å². The highest BCUT2D eigenvalue weighted by Crippen LogP contribution is 2.65. The van der Waals surface area contributed by atoms with Crippen molar-refractivity contribution in [3.8, 4) is 0 Å². The summed E-state index contributed by atoms with van der Waals surface area (Å²) < 4.78 is 18.2. The van der Waals surface area contributed by atoms with Gasteiger partial charge in [0.05, 0.1) is 30.1 Å². The molecule has 2 aliphatic heterocycles. The van der Waals surface area contributed by atoms with Crippen molar-refractivity contribution in [1.82, 2.24) is 15.5 Å². The standard InChI is InChI=1S/C25H42BN3O6/c1-15(13-28-22(32)33-23(2,3)4)21(31)27-14-20(30)29-10-8-9-19(29)26-34-18-12-16-11-17(24(16,5)6)25(18,7)35-26/h15-19H,8-14H2,1-7H3,(H,27,31)(H,28,32). The van der Waals surface area contributed by atoms with Crippen LogP contribution in [0, 0.1) is 23.2 Å². The zero-order valence-electron chi connectivity index (χ0n) is 22.3. The maximum atomic E-state index is 13.0. The molecular weight excluding hydrogens is 449 g/mol. The highest BCUT2D eigenvalue weighted by atomic mass is 16.7. The van der Waals surface area contributed by atoms with E-state index in [0.717, 1.165) is 19.3 Å². The van der Waals surface area contributed by atoms with Crippen LogP contribution in [0.3, 0.4) is 0 Å². The lowest BCUT2D eigenvalue weighted by molar-refractivity contribution is -0.199. The average Bonchev–Trinajstić information content (AvgIpc) is 3.37. The van der Waals surface area contributed by atoms with Crippen molar-refractivity contribution in [1.29, 1.82) is 0 Å². The van der Waals surface area contributed by atoms with Crippen molar-refractivity contribution in [3.05, 3.63) is 0 Å². The molecule has 5 aliphatic rings. The zero-order valence-corrected chi connectivity index (χ0v) is 22.3. The van der Waals surface area contributed by atoms with Gasteiger partial charge in [-0.3, -0.25) is 9.59 Å². The molecule has 0 aromatic heterocycles. The number of carbonyl (C=O) groups is 3. The Hall–Kier alpha value is -1.81.